The molecule has 0 spiro atoms. The second-order valence-corrected chi connectivity index (χ2v) is 3.48. The number of nitrogens with zero attached hydrogens (tertiary/aromatic N) is 2. The van der Waals surface area contributed by atoms with Crippen molar-refractivity contribution in [3.8, 4) is 0 Å². The molecular formula is C10H20N2O2. The molecule has 0 aliphatic rings. The van der Waals surface area contributed by atoms with E-state index in [0.29, 0.717) is 6.61 Å². The fraction of sp³-hybridized carbons (Fsp3) is 0.700. The lowest BCUT2D eigenvalue weighted by atomic mass is 10.5. The summed E-state index contributed by atoms with van der Waals surface area (Å²) in [5.74, 6) is -0.356. The van der Waals surface area contributed by atoms with Gasteiger partial charge in [0.15, 0.2) is 0 Å². The Morgan fingerprint density at radius 2 is 1.93 bits per heavy atom. The van der Waals surface area contributed by atoms with Gasteiger partial charge in [-0.15, -0.1) is 0 Å². The van der Waals surface area contributed by atoms with Gasteiger partial charge in [-0.3, -0.25) is 0 Å². The average molecular weight is 200 g/mol. The highest BCUT2D eigenvalue weighted by Crippen LogP contribution is 1.86. The number of likely N-dealkylation sites (N-methyl/N-ethyl adjacent to an activating group) is 2. The SMILES string of the molecule is C=CC(=O)OCCN(C)CCN(C)C. The van der Waals surface area contributed by atoms with Gasteiger partial charge < -0.3 is 14.5 Å². The summed E-state index contributed by atoms with van der Waals surface area (Å²) in [6.45, 7) is 6.48. The monoisotopic (exact) mass is 200 g/mol. The molecule has 0 saturated heterocycles. The zero-order chi connectivity index (χ0) is 11.0. The highest BCUT2D eigenvalue weighted by molar-refractivity contribution is 5.81. The van der Waals surface area contributed by atoms with Crippen molar-refractivity contribution in [2.24, 2.45) is 0 Å². The third-order valence-corrected chi connectivity index (χ3v) is 1.81. The molecule has 0 amide bonds. The number of carbonyl (C=O) groups excluding carboxylic acids is 1. The Kier molecular flexibility index (Phi) is 7.06. The molecule has 0 saturated carbocycles. The number of esters is 1. The van der Waals surface area contributed by atoms with Crippen molar-refractivity contribution >= 4 is 5.97 Å². The maximum atomic E-state index is 10.7. The molecule has 0 fully saturated rings. The van der Waals surface area contributed by atoms with Gasteiger partial charge in [0, 0.05) is 25.7 Å². The molecule has 0 atom stereocenters. The lowest BCUT2D eigenvalue weighted by molar-refractivity contribution is -0.138. The van der Waals surface area contributed by atoms with Crippen molar-refractivity contribution in [3.63, 3.8) is 0 Å². The Morgan fingerprint density at radius 3 is 2.43 bits per heavy atom. The van der Waals surface area contributed by atoms with Gasteiger partial charge in [-0.25, -0.2) is 4.79 Å². The molecule has 0 aromatic heterocycles. The van der Waals surface area contributed by atoms with Crippen molar-refractivity contribution in [2.75, 3.05) is 47.4 Å². The fourth-order valence-electron chi connectivity index (χ4n) is 0.844. The Morgan fingerprint density at radius 1 is 1.29 bits per heavy atom. The quantitative estimate of drug-likeness (QED) is 0.434. The molecule has 14 heavy (non-hydrogen) atoms. The summed E-state index contributed by atoms with van der Waals surface area (Å²) in [6, 6.07) is 0. The van der Waals surface area contributed by atoms with Crippen LogP contribution in [0.15, 0.2) is 12.7 Å². The van der Waals surface area contributed by atoms with Crippen LogP contribution >= 0.6 is 0 Å². The lowest BCUT2D eigenvalue weighted by Crippen LogP contribution is -2.31. The predicted octanol–water partition coefficient (Wildman–Crippen LogP) is 0.209. The first-order chi connectivity index (χ1) is 6.56. The van der Waals surface area contributed by atoms with Crippen LogP contribution in [0.25, 0.3) is 0 Å². The van der Waals surface area contributed by atoms with Gasteiger partial charge in [0.2, 0.25) is 0 Å². The van der Waals surface area contributed by atoms with Gasteiger partial charge in [-0.2, -0.15) is 0 Å². The summed E-state index contributed by atoms with van der Waals surface area (Å²) in [7, 11) is 6.07. The van der Waals surface area contributed by atoms with E-state index in [2.05, 4.69) is 16.4 Å². The topological polar surface area (TPSA) is 32.8 Å². The summed E-state index contributed by atoms with van der Waals surface area (Å²) < 4.78 is 4.86. The summed E-state index contributed by atoms with van der Waals surface area (Å²) in [4.78, 5) is 14.9. The highest BCUT2D eigenvalue weighted by atomic mass is 16.5. The summed E-state index contributed by atoms with van der Waals surface area (Å²) in [5, 5.41) is 0. The van der Waals surface area contributed by atoms with Crippen LogP contribution in [0.1, 0.15) is 0 Å². The minimum absolute atomic E-state index is 0.356. The number of ether oxygens (including phenoxy) is 1. The number of rotatable bonds is 7. The van der Waals surface area contributed by atoms with Crippen LogP contribution < -0.4 is 0 Å². The van der Waals surface area contributed by atoms with E-state index >= 15 is 0 Å². The fourth-order valence-corrected chi connectivity index (χ4v) is 0.844. The summed E-state index contributed by atoms with van der Waals surface area (Å²) in [6.07, 6.45) is 1.18. The Hall–Kier alpha value is -0.870. The van der Waals surface area contributed by atoms with Crippen LogP contribution in [0.2, 0.25) is 0 Å². The molecule has 0 bridgehead atoms. The van der Waals surface area contributed by atoms with Crippen molar-refractivity contribution in [2.45, 2.75) is 0 Å². The van der Waals surface area contributed by atoms with Crippen LogP contribution in [-0.4, -0.2) is 63.2 Å². The maximum absolute atomic E-state index is 10.7. The van der Waals surface area contributed by atoms with E-state index in [-0.39, 0.29) is 5.97 Å². The predicted molar refractivity (Wildman–Crippen MR) is 57.2 cm³/mol. The molecule has 0 aromatic carbocycles. The van der Waals surface area contributed by atoms with Crippen LogP contribution in [0.4, 0.5) is 0 Å². The number of carbonyl (C=O) groups is 1. The van der Waals surface area contributed by atoms with Crippen molar-refractivity contribution < 1.29 is 9.53 Å². The first-order valence-corrected chi connectivity index (χ1v) is 4.68. The number of hydrogen-bond donors (Lipinski definition) is 0. The molecule has 0 N–H and O–H groups in total. The minimum atomic E-state index is -0.356. The zero-order valence-electron chi connectivity index (χ0n) is 9.32. The van der Waals surface area contributed by atoms with Gasteiger partial charge in [-0.05, 0) is 21.1 Å². The Balaban J connectivity index is 3.39. The molecule has 0 aliphatic carbocycles. The lowest BCUT2D eigenvalue weighted by Gasteiger charge is -2.18. The maximum Gasteiger partial charge on any atom is 0.330 e. The van der Waals surface area contributed by atoms with Crippen molar-refractivity contribution in [1.29, 1.82) is 0 Å². The minimum Gasteiger partial charge on any atom is -0.461 e. The van der Waals surface area contributed by atoms with E-state index in [4.69, 9.17) is 4.74 Å². The van der Waals surface area contributed by atoms with Crippen LogP contribution in [0.3, 0.4) is 0 Å². The molecule has 0 heterocycles. The van der Waals surface area contributed by atoms with Crippen molar-refractivity contribution in [1.82, 2.24) is 9.80 Å². The molecule has 4 nitrogen and oxygen atoms in total. The normalized spacial score (nSPS) is 10.6. The zero-order valence-corrected chi connectivity index (χ0v) is 9.32. The van der Waals surface area contributed by atoms with Crippen LogP contribution in [0.5, 0.6) is 0 Å². The van der Waals surface area contributed by atoms with Gasteiger partial charge in [0.1, 0.15) is 6.61 Å². The third-order valence-electron chi connectivity index (χ3n) is 1.81. The second kappa shape index (κ2) is 7.53. The second-order valence-electron chi connectivity index (χ2n) is 3.48. The molecule has 4 heteroatoms. The summed E-state index contributed by atoms with van der Waals surface area (Å²) >= 11 is 0. The van der Waals surface area contributed by atoms with E-state index in [1.807, 2.05) is 21.1 Å². The van der Waals surface area contributed by atoms with E-state index < -0.39 is 0 Å². The first-order valence-electron chi connectivity index (χ1n) is 4.68. The highest BCUT2D eigenvalue weighted by Gasteiger charge is 2.00. The van der Waals surface area contributed by atoms with Gasteiger partial charge in [0.05, 0.1) is 0 Å². The van der Waals surface area contributed by atoms with Crippen molar-refractivity contribution in [3.05, 3.63) is 12.7 Å². The summed E-state index contributed by atoms with van der Waals surface area (Å²) in [5.41, 5.74) is 0. The van der Waals surface area contributed by atoms with Crippen LogP contribution in [0, 0.1) is 0 Å². The molecule has 0 rings (SSSR count). The standard InChI is InChI=1S/C10H20N2O2/c1-5-10(13)14-9-8-12(4)7-6-11(2)3/h5H,1,6-9H2,2-4H3. The van der Waals surface area contributed by atoms with E-state index in [1.165, 1.54) is 6.08 Å². The Labute approximate surface area is 86.1 Å². The third kappa shape index (κ3) is 7.76. The van der Waals surface area contributed by atoms with E-state index in [9.17, 15) is 4.79 Å². The Bertz CT molecular complexity index is 181. The van der Waals surface area contributed by atoms with Gasteiger partial charge in [0.25, 0.3) is 0 Å². The molecule has 0 aromatic rings. The van der Waals surface area contributed by atoms with Gasteiger partial charge in [-0.1, -0.05) is 6.58 Å². The van der Waals surface area contributed by atoms with Gasteiger partial charge >= 0.3 is 5.97 Å². The number of hydrogen-bond acceptors (Lipinski definition) is 4. The molecule has 0 aliphatic heterocycles. The first kappa shape index (κ1) is 13.1. The van der Waals surface area contributed by atoms with E-state index in [0.717, 1.165) is 19.6 Å². The van der Waals surface area contributed by atoms with E-state index in [1.54, 1.807) is 0 Å². The largest absolute Gasteiger partial charge is 0.461 e. The van der Waals surface area contributed by atoms with Crippen LogP contribution in [-0.2, 0) is 9.53 Å². The molecular weight excluding hydrogens is 180 g/mol. The molecule has 0 radical (unpaired) electrons. The smallest absolute Gasteiger partial charge is 0.330 e. The average Bonchev–Trinajstić information content (AvgIpc) is 2.14. The molecule has 0 unspecified atom stereocenters. The molecule has 82 valence electrons.